The third kappa shape index (κ3) is 5.83. The van der Waals surface area contributed by atoms with E-state index in [0.29, 0.717) is 17.5 Å². The summed E-state index contributed by atoms with van der Waals surface area (Å²) in [6, 6.07) is 73.0. The smallest absolute Gasteiger partial charge is 0.164 e. The van der Waals surface area contributed by atoms with Gasteiger partial charge in [-0.15, -0.1) is 0 Å². The van der Waals surface area contributed by atoms with Gasteiger partial charge in [0.15, 0.2) is 17.5 Å². The van der Waals surface area contributed by atoms with Crippen molar-refractivity contribution in [3.05, 3.63) is 206 Å². The fraction of sp³-hybridized carbons (Fsp3) is 0. The van der Waals surface area contributed by atoms with Gasteiger partial charge in [-0.05, 0) is 86.3 Å². The van der Waals surface area contributed by atoms with Crippen molar-refractivity contribution in [1.29, 1.82) is 0 Å². The number of hydrogen-bond donors (Lipinski definition) is 0. The summed E-state index contributed by atoms with van der Waals surface area (Å²) >= 11 is 0. The standard InChI is InChI=1S/C53H34N4/c1-4-13-35(14-5-1)40-26-23-36-24-27-41(32-44(36)31-40)42-28-25-37-29-30-49-50(47(37)34-42)46-21-10-11-22-48(46)57(49)45-20-12-19-43(33-45)53-55-51(38-15-6-2-7-16-38)54-52(56-53)39-17-8-3-9-18-39/h1-34H. The van der Waals surface area contributed by atoms with Crippen molar-refractivity contribution in [2.24, 2.45) is 0 Å². The van der Waals surface area contributed by atoms with Crippen LogP contribution in [-0.2, 0) is 0 Å². The van der Waals surface area contributed by atoms with E-state index in [1.54, 1.807) is 0 Å². The predicted octanol–water partition coefficient (Wildman–Crippen LogP) is 13.6. The molecule has 0 saturated carbocycles. The van der Waals surface area contributed by atoms with Crippen LogP contribution in [0.25, 0.3) is 105 Å². The largest absolute Gasteiger partial charge is 0.309 e. The van der Waals surface area contributed by atoms with Crippen molar-refractivity contribution >= 4 is 43.4 Å². The third-order valence-corrected chi connectivity index (χ3v) is 11.0. The molecule has 0 aliphatic heterocycles. The summed E-state index contributed by atoms with van der Waals surface area (Å²) in [5.74, 6) is 1.92. The Morgan fingerprint density at radius 3 is 1.46 bits per heavy atom. The first-order chi connectivity index (χ1) is 28.2. The highest BCUT2D eigenvalue weighted by molar-refractivity contribution is 6.22. The Kier molecular flexibility index (Phi) is 7.78. The first kappa shape index (κ1) is 32.7. The fourth-order valence-corrected chi connectivity index (χ4v) is 8.20. The van der Waals surface area contributed by atoms with E-state index in [1.165, 1.54) is 54.6 Å². The quantitative estimate of drug-likeness (QED) is 0.171. The first-order valence-electron chi connectivity index (χ1n) is 19.3. The van der Waals surface area contributed by atoms with E-state index in [4.69, 9.17) is 15.0 Å². The van der Waals surface area contributed by atoms with Crippen molar-refractivity contribution in [3.63, 3.8) is 0 Å². The van der Waals surface area contributed by atoms with E-state index in [1.807, 2.05) is 60.7 Å². The van der Waals surface area contributed by atoms with Crippen LogP contribution in [0.3, 0.4) is 0 Å². The number of hydrogen-bond acceptors (Lipinski definition) is 3. The maximum Gasteiger partial charge on any atom is 0.164 e. The van der Waals surface area contributed by atoms with Crippen LogP contribution in [-0.4, -0.2) is 19.5 Å². The molecule has 0 aliphatic rings. The highest BCUT2D eigenvalue weighted by Gasteiger charge is 2.18. The topological polar surface area (TPSA) is 43.6 Å². The van der Waals surface area contributed by atoms with E-state index in [-0.39, 0.29) is 0 Å². The maximum atomic E-state index is 5.03. The van der Waals surface area contributed by atoms with Gasteiger partial charge in [-0.1, -0.05) is 164 Å². The third-order valence-electron chi connectivity index (χ3n) is 11.0. The minimum Gasteiger partial charge on any atom is -0.309 e. The first-order valence-corrected chi connectivity index (χ1v) is 19.3. The van der Waals surface area contributed by atoms with Crippen molar-refractivity contribution in [3.8, 4) is 62.1 Å². The minimum atomic E-state index is 0.631. The number of fused-ring (bicyclic) bond motifs is 6. The van der Waals surface area contributed by atoms with Crippen LogP contribution in [0.15, 0.2) is 206 Å². The van der Waals surface area contributed by atoms with E-state index in [0.717, 1.165) is 33.4 Å². The SMILES string of the molecule is c1ccc(-c2ccc3ccc(-c4ccc5ccc6c(c5c4)c4ccccc4n6-c4cccc(-c5nc(-c6ccccc6)nc(-c6ccccc6)n5)c4)cc3c2)cc1. The average Bonchev–Trinajstić information content (AvgIpc) is 3.64. The zero-order valence-electron chi connectivity index (χ0n) is 30.9. The summed E-state index contributed by atoms with van der Waals surface area (Å²) in [6.07, 6.45) is 0. The average molecular weight is 727 g/mol. The maximum absolute atomic E-state index is 5.03. The Labute approximate surface area is 330 Å². The molecule has 0 amide bonds. The molecule has 0 N–H and O–H groups in total. The zero-order valence-corrected chi connectivity index (χ0v) is 30.9. The summed E-state index contributed by atoms with van der Waals surface area (Å²) in [5.41, 5.74) is 11.0. The molecular weight excluding hydrogens is 693 g/mol. The predicted molar refractivity (Wildman–Crippen MR) is 236 cm³/mol. The van der Waals surface area contributed by atoms with E-state index < -0.39 is 0 Å². The Hall–Kier alpha value is -7.69. The number of para-hydroxylation sites is 1. The van der Waals surface area contributed by atoms with Crippen LogP contribution in [0.4, 0.5) is 0 Å². The molecule has 0 radical (unpaired) electrons. The van der Waals surface area contributed by atoms with Crippen molar-refractivity contribution in [1.82, 2.24) is 19.5 Å². The normalized spacial score (nSPS) is 11.5. The Balaban J connectivity index is 1.06. The van der Waals surface area contributed by atoms with E-state index in [2.05, 4.69) is 150 Å². The second kappa shape index (κ2) is 13.6. The van der Waals surface area contributed by atoms with Gasteiger partial charge in [0.25, 0.3) is 0 Å². The van der Waals surface area contributed by atoms with E-state index >= 15 is 0 Å². The van der Waals surface area contributed by atoms with Gasteiger partial charge >= 0.3 is 0 Å². The molecule has 0 fully saturated rings. The molecule has 2 aromatic heterocycles. The second-order valence-electron chi connectivity index (χ2n) is 14.5. The van der Waals surface area contributed by atoms with Crippen LogP contribution in [0.5, 0.6) is 0 Å². The van der Waals surface area contributed by atoms with Gasteiger partial charge < -0.3 is 4.57 Å². The zero-order chi connectivity index (χ0) is 37.7. The highest BCUT2D eigenvalue weighted by atomic mass is 15.0. The van der Waals surface area contributed by atoms with Crippen LogP contribution in [0, 0.1) is 0 Å². The molecule has 0 aliphatic carbocycles. The molecule has 2 heterocycles. The monoisotopic (exact) mass is 726 g/mol. The molecule has 4 heteroatoms. The summed E-state index contributed by atoms with van der Waals surface area (Å²) in [4.78, 5) is 15.0. The lowest BCUT2D eigenvalue weighted by molar-refractivity contribution is 1.07. The highest BCUT2D eigenvalue weighted by Crippen LogP contribution is 2.39. The molecule has 4 nitrogen and oxygen atoms in total. The molecule has 0 spiro atoms. The molecule has 0 atom stereocenters. The van der Waals surface area contributed by atoms with Gasteiger partial charge in [0.1, 0.15) is 0 Å². The van der Waals surface area contributed by atoms with Crippen molar-refractivity contribution in [2.75, 3.05) is 0 Å². The van der Waals surface area contributed by atoms with Gasteiger partial charge in [0, 0.05) is 33.2 Å². The molecule has 11 rings (SSSR count). The minimum absolute atomic E-state index is 0.631. The lowest BCUT2D eigenvalue weighted by atomic mass is 9.95. The van der Waals surface area contributed by atoms with Gasteiger partial charge in [0.2, 0.25) is 0 Å². The molecule has 57 heavy (non-hydrogen) atoms. The Morgan fingerprint density at radius 2 is 0.789 bits per heavy atom. The molecule has 266 valence electrons. The lowest BCUT2D eigenvalue weighted by Crippen LogP contribution is -2.01. The summed E-state index contributed by atoms with van der Waals surface area (Å²) < 4.78 is 2.37. The lowest BCUT2D eigenvalue weighted by Gasteiger charge is -2.12. The number of nitrogens with zero attached hydrogens (tertiary/aromatic N) is 4. The van der Waals surface area contributed by atoms with Gasteiger partial charge in [0.05, 0.1) is 11.0 Å². The van der Waals surface area contributed by atoms with Crippen molar-refractivity contribution in [2.45, 2.75) is 0 Å². The van der Waals surface area contributed by atoms with Gasteiger partial charge in [-0.2, -0.15) is 0 Å². The van der Waals surface area contributed by atoms with Crippen LogP contribution >= 0.6 is 0 Å². The number of rotatable bonds is 6. The van der Waals surface area contributed by atoms with Crippen molar-refractivity contribution < 1.29 is 0 Å². The molecular formula is C53H34N4. The Morgan fingerprint density at radius 1 is 0.281 bits per heavy atom. The molecule has 0 unspecified atom stereocenters. The Bertz CT molecular complexity index is 3220. The summed E-state index contributed by atoms with van der Waals surface area (Å²) in [7, 11) is 0. The van der Waals surface area contributed by atoms with Crippen LogP contribution < -0.4 is 0 Å². The molecule has 9 aromatic carbocycles. The molecule has 11 aromatic rings. The number of aromatic nitrogens is 4. The van der Waals surface area contributed by atoms with E-state index in [9.17, 15) is 0 Å². The molecule has 0 saturated heterocycles. The van der Waals surface area contributed by atoms with Crippen LogP contribution in [0.1, 0.15) is 0 Å². The molecule has 0 bridgehead atoms. The van der Waals surface area contributed by atoms with Gasteiger partial charge in [-0.25, -0.2) is 15.0 Å². The van der Waals surface area contributed by atoms with Crippen LogP contribution in [0.2, 0.25) is 0 Å². The summed E-state index contributed by atoms with van der Waals surface area (Å²) in [6.45, 7) is 0. The fourth-order valence-electron chi connectivity index (χ4n) is 8.20. The summed E-state index contributed by atoms with van der Waals surface area (Å²) in [5, 5.41) is 7.35. The second-order valence-corrected chi connectivity index (χ2v) is 14.5. The van der Waals surface area contributed by atoms with Gasteiger partial charge in [-0.3, -0.25) is 0 Å². The number of benzene rings is 9.